The Morgan fingerprint density at radius 1 is 1.08 bits per heavy atom. The highest BCUT2D eigenvalue weighted by molar-refractivity contribution is 8.18. The Hall–Kier alpha value is -2.86. The minimum atomic E-state index is -0.436. The molecule has 0 atom stereocenters. The van der Waals surface area contributed by atoms with Crippen LogP contribution in [0.15, 0.2) is 59.5 Å². The van der Waals surface area contributed by atoms with Crippen molar-refractivity contribution in [3.8, 4) is 0 Å². The van der Waals surface area contributed by atoms with E-state index in [1.54, 1.807) is 6.08 Å². The van der Waals surface area contributed by atoms with Crippen molar-refractivity contribution in [3.05, 3.63) is 76.2 Å². The molecule has 132 valence electrons. The van der Waals surface area contributed by atoms with E-state index in [2.05, 4.69) is 5.32 Å². The summed E-state index contributed by atoms with van der Waals surface area (Å²) in [7, 11) is 0. The summed E-state index contributed by atoms with van der Waals surface area (Å²) in [6.07, 6.45) is 1.66. The monoisotopic (exact) mass is 366 g/mol. The maximum absolute atomic E-state index is 12.4. The quantitative estimate of drug-likeness (QED) is 0.824. The molecule has 0 aromatic heterocycles. The Kier molecular flexibility index (Phi) is 5.53. The van der Waals surface area contributed by atoms with E-state index in [1.807, 2.05) is 61.5 Å². The summed E-state index contributed by atoms with van der Waals surface area (Å²) in [6, 6.07) is 17.1. The highest BCUT2D eigenvalue weighted by Gasteiger charge is 2.36. The molecule has 3 amide bonds. The first-order valence-corrected chi connectivity index (χ1v) is 8.97. The highest BCUT2D eigenvalue weighted by atomic mass is 32.2. The minimum absolute atomic E-state index is 0.275. The molecule has 5 nitrogen and oxygen atoms in total. The van der Waals surface area contributed by atoms with Gasteiger partial charge in [0.15, 0.2) is 0 Å². The van der Waals surface area contributed by atoms with Gasteiger partial charge in [0.2, 0.25) is 5.91 Å². The topological polar surface area (TPSA) is 66.5 Å². The summed E-state index contributed by atoms with van der Waals surface area (Å²) in [6.45, 7) is 2.07. The van der Waals surface area contributed by atoms with Gasteiger partial charge in [0.25, 0.3) is 11.1 Å². The molecule has 1 saturated heterocycles. The Labute approximate surface area is 156 Å². The summed E-state index contributed by atoms with van der Waals surface area (Å²) < 4.78 is 0. The van der Waals surface area contributed by atoms with Gasteiger partial charge < -0.3 is 5.32 Å². The van der Waals surface area contributed by atoms with E-state index >= 15 is 0 Å². The largest absolute Gasteiger partial charge is 0.350 e. The van der Waals surface area contributed by atoms with Crippen LogP contribution in [0.2, 0.25) is 0 Å². The standard InChI is InChI=1S/C20H18N2O3S/c1-14-7-9-16(10-8-14)12-21-18(23)13-22-19(24)17(26-20(22)25)11-15-5-3-2-4-6-15/h2-11H,12-13H2,1H3,(H,21,23)/b17-11-. The number of carbonyl (C=O) groups excluding carboxylic acids is 3. The Balaban J connectivity index is 1.59. The van der Waals surface area contributed by atoms with Crippen LogP contribution in [0.1, 0.15) is 16.7 Å². The average molecular weight is 366 g/mol. The SMILES string of the molecule is Cc1ccc(CNC(=O)CN2C(=O)S/C(=C\c3ccccc3)C2=O)cc1. The fraction of sp³-hybridized carbons (Fsp3) is 0.150. The van der Waals surface area contributed by atoms with Gasteiger partial charge in [-0.1, -0.05) is 60.2 Å². The van der Waals surface area contributed by atoms with E-state index < -0.39 is 11.1 Å². The minimum Gasteiger partial charge on any atom is -0.350 e. The molecule has 0 aliphatic carbocycles. The van der Waals surface area contributed by atoms with Crippen LogP contribution in [0.4, 0.5) is 4.79 Å². The lowest BCUT2D eigenvalue weighted by Crippen LogP contribution is -2.39. The first kappa shape index (κ1) is 17.9. The normalized spacial score (nSPS) is 15.6. The van der Waals surface area contributed by atoms with Crippen molar-refractivity contribution in [1.82, 2.24) is 10.2 Å². The molecule has 1 aliphatic heterocycles. The van der Waals surface area contributed by atoms with Gasteiger partial charge >= 0.3 is 0 Å². The van der Waals surface area contributed by atoms with Crippen LogP contribution in [0, 0.1) is 6.92 Å². The summed E-state index contributed by atoms with van der Waals surface area (Å²) in [5, 5.41) is 2.31. The predicted octanol–water partition coefficient (Wildman–Crippen LogP) is 3.35. The van der Waals surface area contributed by atoms with E-state index in [0.717, 1.165) is 33.4 Å². The molecule has 3 rings (SSSR count). The number of nitrogens with zero attached hydrogens (tertiary/aromatic N) is 1. The number of amides is 3. The number of hydrogen-bond donors (Lipinski definition) is 1. The van der Waals surface area contributed by atoms with Gasteiger partial charge in [-0.3, -0.25) is 19.3 Å². The number of benzene rings is 2. The number of hydrogen-bond acceptors (Lipinski definition) is 4. The van der Waals surface area contributed by atoms with E-state index in [0.29, 0.717) is 11.4 Å². The van der Waals surface area contributed by atoms with Crippen LogP contribution in [0.5, 0.6) is 0 Å². The van der Waals surface area contributed by atoms with Gasteiger partial charge in [0.1, 0.15) is 6.54 Å². The zero-order chi connectivity index (χ0) is 18.5. The zero-order valence-corrected chi connectivity index (χ0v) is 15.1. The molecule has 0 bridgehead atoms. The van der Waals surface area contributed by atoms with Crippen molar-refractivity contribution in [1.29, 1.82) is 0 Å². The molecule has 26 heavy (non-hydrogen) atoms. The van der Waals surface area contributed by atoms with Crippen molar-refractivity contribution in [2.24, 2.45) is 0 Å². The van der Waals surface area contributed by atoms with Crippen molar-refractivity contribution >= 4 is 34.9 Å². The van der Waals surface area contributed by atoms with Crippen molar-refractivity contribution in [3.63, 3.8) is 0 Å². The van der Waals surface area contributed by atoms with Crippen LogP contribution >= 0.6 is 11.8 Å². The molecule has 0 radical (unpaired) electrons. The van der Waals surface area contributed by atoms with Gasteiger partial charge in [0, 0.05) is 6.54 Å². The van der Waals surface area contributed by atoms with Crippen molar-refractivity contribution < 1.29 is 14.4 Å². The lowest BCUT2D eigenvalue weighted by atomic mass is 10.1. The fourth-order valence-electron chi connectivity index (χ4n) is 2.44. The predicted molar refractivity (Wildman–Crippen MR) is 102 cm³/mol. The van der Waals surface area contributed by atoms with Gasteiger partial charge in [0.05, 0.1) is 4.91 Å². The lowest BCUT2D eigenvalue weighted by Gasteiger charge is -2.12. The van der Waals surface area contributed by atoms with Crippen molar-refractivity contribution in [2.75, 3.05) is 6.54 Å². The summed E-state index contributed by atoms with van der Waals surface area (Å²) in [5.74, 6) is -0.803. The summed E-state index contributed by atoms with van der Waals surface area (Å²) >= 11 is 0.853. The smallest absolute Gasteiger partial charge is 0.294 e. The number of carbonyl (C=O) groups is 3. The molecule has 0 spiro atoms. The van der Waals surface area contributed by atoms with E-state index in [-0.39, 0.29) is 12.5 Å². The first-order chi connectivity index (χ1) is 12.5. The van der Waals surface area contributed by atoms with E-state index in [4.69, 9.17) is 0 Å². The van der Waals surface area contributed by atoms with Crippen LogP contribution in [-0.2, 0) is 16.1 Å². The molecule has 2 aromatic carbocycles. The lowest BCUT2D eigenvalue weighted by molar-refractivity contribution is -0.129. The Bertz CT molecular complexity index is 860. The third-order valence-corrected chi connectivity index (χ3v) is 4.79. The number of nitrogens with one attached hydrogen (secondary N) is 1. The first-order valence-electron chi connectivity index (χ1n) is 8.15. The maximum Gasteiger partial charge on any atom is 0.294 e. The van der Waals surface area contributed by atoms with Crippen LogP contribution in [0.3, 0.4) is 0 Å². The molecule has 2 aromatic rings. The van der Waals surface area contributed by atoms with Crippen LogP contribution in [-0.4, -0.2) is 28.5 Å². The Morgan fingerprint density at radius 2 is 1.77 bits per heavy atom. The molecule has 1 heterocycles. The second-order valence-electron chi connectivity index (χ2n) is 5.94. The van der Waals surface area contributed by atoms with Crippen LogP contribution in [0.25, 0.3) is 6.08 Å². The molecule has 6 heteroatoms. The van der Waals surface area contributed by atoms with Gasteiger partial charge in [-0.2, -0.15) is 0 Å². The fourth-order valence-corrected chi connectivity index (χ4v) is 3.28. The molecular formula is C20H18N2O3S. The van der Waals surface area contributed by atoms with Gasteiger partial charge in [-0.05, 0) is 35.9 Å². The zero-order valence-electron chi connectivity index (χ0n) is 14.3. The molecule has 0 unspecified atom stereocenters. The van der Waals surface area contributed by atoms with Crippen LogP contribution < -0.4 is 5.32 Å². The molecule has 1 N–H and O–H groups in total. The van der Waals surface area contributed by atoms with E-state index in [1.165, 1.54) is 0 Å². The third-order valence-electron chi connectivity index (χ3n) is 3.88. The average Bonchev–Trinajstić information content (AvgIpc) is 2.89. The summed E-state index contributed by atoms with van der Waals surface area (Å²) in [5.41, 5.74) is 2.94. The third kappa shape index (κ3) is 4.40. The Morgan fingerprint density at radius 3 is 2.46 bits per heavy atom. The second-order valence-corrected chi connectivity index (χ2v) is 6.93. The molecular weight excluding hydrogens is 348 g/mol. The number of rotatable bonds is 5. The second kappa shape index (κ2) is 8.01. The van der Waals surface area contributed by atoms with Gasteiger partial charge in [-0.15, -0.1) is 0 Å². The van der Waals surface area contributed by atoms with Gasteiger partial charge in [-0.25, -0.2) is 0 Å². The molecule has 0 saturated carbocycles. The molecule has 1 fully saturated rings. The van der Waals surface area contributed by atoms with E-state index in [9.17, 15) is 14.4 Å². The highest BCUT2D eigenvalue weighted by Crippen LogP contribution is 2.31. The molecule has 1 aliphatic rings. The summed E-state index contributed by atoms with van der Waals surface area (Å²) in [4.78, 5) is 37.9. The van der Waals surface area contributed by atoms with Crippen molar-refractivity contribution in [2.45, 2.75) is 13.5 Å². The number of thioether (sulfide) groups is 1. The number of imide groups is 1. The maximum atomic E-state index is 12.4. The number of aryl methyl sites for hydroxylation is 1.